The van der Waals surface area contributed by atoms with Crippen molar-refractivity contribution >= 4 is 39.2 Å². The van der Waals surface area contributed by atoms with Crippen LogP contribution in [0.2, 0.25) is 0 Å². The first-order valence-corrected chi connectivity index (χ1v) is 14.3. The van der Waals surface area contributed by atoms with E-state index in [2.05, 4.69) is 44.8 Å². The molecule has 42 heavy (non-hydrogen) atoms. The van der Waals surface area contributed by atoms with E-state index >= 15 is 0 Å². The van der Waals surface area contributed by atoms with Gasteiger partial charge >= 0.3 is 0 Å². The number of carbonyl (C=O) groups excluding carboxylic acids is 2. The van der Waals surface area contributed by atoms with Crippen LogP contribution in [0.3, 0.4) is 0 Å². The van der Waals surface area contributed by atoms with E-state index in [1.54, 1.807) is 13.3 Å². The Kier molecular flexibility index (Phi) is 7.88. The second kappa shape index (κ2) is 12.0. The highest BCUT2D eigenvalue weighted by Gasteiger charge is 2.22. The molecule has 3 heterocycles. The van der Waals surface area contributed by atoms with Gasteiger partial charge in [0.05, 0.1) is 7.11 Å². The second-order valence-corrected chi connectivity index (χ2v) is 10.8. The molecule has 2 amide bonds. The summed E-state index contributed by atoms with van der Waals surface area (Å²) in [5, 5.41) is 8.77. The molecule has 5 aromatic rings. The van der Waals surface area contributed by atoms with Crippen LogP contribution in [0, 0.1) is 0 Å². The van der Waals surface area contributed by atoms with E-state index in [0.29, 0.717) is 29.7 Å². The summed E-state index contributed by atoms with van der Waals surface area (Å²) in [4.78, 5) is 31.2. The first kappa shape index (κ1) is 27.5. The number of fused-ring (bicyclic) bond motifs is 3. The van der Waals surface area contributed by atoms with E-state index in [1.807, 2.05) is 48.5 Å². The molecule has 0 radical (unpaired) electrons. The Morgan fingerprint density at radius 2 is 1.81 bits per heavy atom. The van der Waals surface area contributed by atoms with Crippen LogP contribution in [0.15, 0.2) is 83.4 Å². The summed E-state index contributed by atoms with van der Waals surface area (Å²) >= 11 is 0. The van der Waals surface area contributed by atoms with Gasteiger partial charge in [-0.05, 0) is 78.7 Å². The van der Waals surface area contributed by atoms with Crippen LogP contribution in [-0.4, -0.2) is 55.0 Å². The Morgan fingerprint density at radius 3 is 2.55 bits per heavy atom. The van der Waals surface area contributed by atoms with Gasteiger partial charge < -0.3 is 24.7 Å². The topological polar surface area (TPSA) is 96.7 Å². The van der Waals surface area contributed by atoms with Gasteiger partial charge in [0.2, 0.25) is 11.8 Å². The smallest absolute Gasteiger partial charge is 0.287 e. The lowest BCUT2D eigenvalue weighted by Crippen LogP contribution is -2.39. The fraction of sp³-hybridized carbons (Fsp3) is 0.265. The molecule has 0 atom stereocenters. The SMILES string of the molecule is COc1ccc(-c2cc3cc(C(=O)NCCN4CCC(c5cccc(NC(C)=O)c5)CC4)oc3c3ccccc23)cn1. The minimum Gasteiger partial charge on any atom is -0.481 e. The maximum Gasteiger partial charge on any atom is 0.287 e. The number of hydrogen-bond acceptors (Lipinski definition) is 6. The Bertz CT molecular complexity index is 1740. The molecule has 1 aliphatic rings. The fourth-order valence-corrected chi connectivity index (χ4v) is 5.86. The lowest BCUT2D eigenvalue weighted by atomic mass is 9.89. The van der Waals surface area contributed by atoms with Crippen LogP contribution in [0.1, 0.15) is 41.8 Å². The van der Waals surface area contributed by atoms with Crippen LogP contribution in [0.25, 0.3) is 32.9 Å². The van der Waals surface area contributed by atoms with Crippen molar-refractivity contribution in [1.82, 2.24) is 15.2 Å². The summed E-state index contributed by atoms with van der Waals surface area (Å²) in [6.45, 7) is 4.77. The molecular weight excluding hydrogens is 528 g/mol. The number of hydrogen-bond donors (Lipinski definition) is 2. The average Bonchev–Trinajstić information content (AvgIpc) is 3.46. The summed E-state index contributed by atoms with van der Waals surface area (Å²) < 4.78 is 11.3. The van der Waals surface area contributed by atoms with Crippen LogP contribution in [0.4, 0.5) is 5.69 Å². The number of nitrogens with zero attached hydrogens (tertiary/aromatic N) is 2. The number of amides is 2. The first-order chi connectivity index (χ1) is 20.5. The van der Waals surface area contributed by atoms with Gasteiger partial charge in [-0.2, -0.15) is 0 Å². The number of piperidine rings is 1. The monoisotopic (exact) mass is 562 g/mol. The number of aromatic nitrogens is 1. The molecule has 0 unspecified atom stereocenters. The number of likely N-dealkylation sites (tertiary alicyclic amines) is 1. The average molecular weight is 563 g/mol. The van der Waals surface area contributed by atoms with Crippen molar-refractivity contribution in [2.75, 3.05) is 38.6 Å². The lowest BCUT2D eigenvalue weighted by Gasteiger charge is -2.32. The molecular formula is C34H34N4O4. The lowest BCUT2D eigenvalue weighted by molar-refractivity contribution is -0.114. The van der Waals surface area contributed by atoms with E-state index < -0.39 is 0 Å². The number of anilines is 1. The highest BCUT2D eigenvalue weighted by molar-refractivity contribution is 6.13. The largest absolute Gasteiger partial charge is 0.481 e. The Hall–Kier alpha value is -4.69. The van der Waals surface area contributed by atoms with E-state index in [9.17, 15) is 9.59 Å². The van der Waals surface area contributed by atoms with Crippen molar-refractivity contribution in [3.05, 3.63) is 90.3 Å². The van der Waals surface area contributed by atoms with Crippen LogP contribution < -0.4 is 15.4 Å². The number of pyridine rings is 1. The van der Waals surface area contributed by atoms with Crippen LogP contribution in [-0.2, 0) is 4.79 Å². The summed E-state index contributed by atoms with van der Waals surface area (Å²) in [5.41, 5.74) is 4.79. The minimum absolute atomic E-state index is 0.0594. The molecule has 0 saturated carbocycles. The fourth-order valence-electron chi connectivity index (χ4n) is 5.86. The van der Waals surface area contributed by atoms with Crippen molar-refractivity contribution < 1.29 is 18.7 Å². The molecule has 1 fully saturated rings. The number of benzene rings is 3. The van der Waals surface area contributed by atoms with Crippen LogP contribution in [0.5, 0.6) is 5.88 Å². The maximum absolute atomic E-state index is 13.1. The Morgan fingerprint density at radius 1 is 1.00 bits per heavy atom. The quantitative estimate of drug-likeness (QED) is 0.233. The van der Waals surface area contributed by atoms with E-state index in [4.69, 9.17) is 9.15 Å². The summed E-state index contributed by atoms with van der Waals surface area (Å²) in [6.07, 6.45) is 3.88. The number of nitrogens with one attached hydrogen (secondary N) is 2. The highest BCUT2D eigenvalue weighted by atomic mass is 16.5. The summed E-state index contributed by atoms with van der Waals surface area (Å²) in [6, 6.07) is 23.9. The predicted octanol–water partition coefficient (Wildman–Crippen LogP) is 6.22. The zero-order chi connectivity index (χ0) is 29.1. The molecule has 214 valence electrons. The van der Waals surface area contributed by atoms with E-state index in [1.165, 1.54) is 12.5 Å². The number of ether oxygens (including phenoxy) is 1. The second-order valence-electron chi connectivity index (χ2n) is 10.8. The summed E-state index contributed by atoms with van der Waals surface area (Å²) in [5.74, 6) is 1.05. The molecule has 2 N–H and O–H groups in total. The van der Waals surface area contributed by atoms with E-state index in [-0.39, 0.29) is 11.8 Å². The molecule has 0 bridgehead atoms. The number of carbonyl (C=O) groups is 2. The molecule has 8 heteroatoms. The first-order valence-electron chi connectivity index (χ1n) is 14.3. The normalized spacial score (nSPS) is 14.2. The number of methoxy groups -OCH3 is 1. The summed E-state index contributed by atoms with van der Waals surface area (Å²) in [7, 11) is 1.60. The van der Waals surface area contributed by atoms with Crippen molar-refractivity contribution in [1.29, 1.82) is 0 Å². The number of rotatable bonds is 8. The van der Waals surface area contributed by atoms with Crippen molar-refractivity contribution in [2.24, 2.45) is 0 Å². The van der Waals surface area contributed by atoms with Crippen LogP contribution >= 0.6 is 0 Å². The third kappa shape index (κ3) is 5.85. The van der Waals surface area contributed by atoms with Gasteiger partial charge in [0, 0.05) is 54.3 Å². The van der Waals surface area contributed by atoms with Crippen molar-refractivity contribution in [2.45, 2.75) is 25.7 Å². The van der Waals surface area contributed by atoms with Gasteiger partial charge in [-0.3, -0.25) is 9.59 Å². The Labute approximate surface area is 244 Å². The van der Waals surface area contributed by atoms with Gasteiger partial charge in [-0.15, -0.1) is 0 Å². The van der Waals surface area contributed by atoms with Crippen molar-refractivity contribution in [3.63, 3.8) is 0 Å². The predicted molar refractivity (Wildman–Crippen MR) is 165 cm³/mol. The zero-order valence-corrected chi connectivity index (χ0v) is 23.9. The standard InChI is InChI=1S/C34H34N4O4/c1-22(39)37-27-7-5-6-24(18-27)23-12-15-38(16-13-23)17-14-35-34(40)31-20-26-19-30(25-10-11-32(41-2)36-21-25)28-8-3-4-9-29(28)33(26)42-31/h3-11,18-21,23H,12-17H2,1-2H3,(H,35,40)(H,37,39). The van der Waals surface area contributed by atoms with Gasteiger partial charge in [-0.25, -0.2) is 4.98 Å². The maximum atomic E-state index is 13.1. The third-order valence-electron chi connectivity index (χ3n) is 7.98. The third-order valence-corrected chi connectivity index (χ3v) is 7.98. The molecule has 1 aliphatic heterocycles. The molecule has 0 aliphatic carbocycles. The van der Waals surface area contributed by atoms with E-state index in [0.717, 1.165) is 65.4 Å². The highest BCUT2D eigenvalue weighted by Crippen LogP contribution is 2.36. The molecule has 1 saturated heterocycles. The molecule has 3 aromatic carbocycles. The molecule has 8 nitrogen and oxygen atoms in total. The molecule has 6 rings (SSSR count). The van der Waals surface area contributed by atoms with Gasteiger partial charge in [-0.1, -0.05) is 36.4 Å². The van der Waals surface area contributed by atoms with Gasteiger partial charge in [0.25, 0.3) is 5.91 Å². The minimum atomic E-state index is -0.215. The zero-order valence-electron chi connectivity index (χ0n) is 23.9. The van der Waals surface area contributed by atoms with Gasteiger partial charge in [0.1, 0.15) is 5.58 Å². The number of furan rings is 1. The van der Waals surface area contributed by atoms with Crippen molar-refractivity contribution in [3.8, 4) is 17.0 Å². The van der Waals surface area contributed by atoms with Gasteiger partial charge in [0.15, 0.2) is 5.76 Å². The molecule has 0 spiro atoms. The molecule has 2 aromatic heterocycles. The Balaban J connectivity index is 1.09.